The number of hydrogen-bond acceptors (Lipinski definition) is 6. The van der Waals surface area contributed by atoms with Gasteiger partial charge in [-0.15, -0.1) is 0 Å². The third kappa shape index (κ3) is 3.32. The molecule has 0 radical (unpaired) electrons. The molecule has 8 heteroatoms. The highest BCUT2D eigenvalue weighted by atomic mass is 16.5. The lowest BCUT2D eigenvalue weighted by atomic mass is 10.0. The average Bonchev–Trinajstić information content (AvgIpc) is 2.92. The molecular weight excluding hydrogens is 350 g/mol. The molecule has 27 heavy (non-hydrogen) atoms. The highest BCUT2D eigenvalue weighted by molar-refractivity contribution is 6.25. The minimum Gasteiger partial charge on any atom is -0.387 e. The number of piperidine rings is 1. The molecule has 4 amide bonds. The van der Waals surface area contributed by atoms with E-state index < -0.39 is 23.8 Å². The van der Waals surface area contributed by atoms with Crippen molar-refractivity contribution in [2.45, 2.75) is 32.2 Å². The van der Waals surface area contributed by atoms with Crippen LogP contribution in [0.1, 0.15) is 46.9 Å². The zero-order valence-corrected chi connectivity index (χ0v) is 15.5. The first-order valence-corrected chi connectivity index (χ1v) is 9.11. The molecule has 0 spiro atoms. The van der Waals surface area contributed by atoms with E-state index >= 15 is 0 Å². The van der Waals surface area contributed by atoms with E-state index in [0.29, 0.717) is 12.3 Å². The summed E-state index contributed by atoms with van der Waals surface area (Å²) in [6, 6.07) is 4.00. The van der Waals surface area contributed by atoms with Crippen molar-refractivity contribution < 1.29 is 23.9 Å². The molecule has 1 fully saturated rings. The van der Waals surface area contributed by atoms with Crippen molar-refractivity contribution in [2.75, 3.05) is 32.1 Å². The number of carbonyl (C=O) groups is 4. The van der Waals surface area contributed by atoms with Crippen LogP contribution in [0.2, 0.25) is 0 Å². The van der Waals surface area contributed by atoms with Crippen LogP contribution in [0, 0.1) is 0 Å². The summed E-state index contributed by atoms with van der Waals surface area (Å²) in [6.45, 7) is 2.88. The molecule has 8 nitrogen and oxygen atoms in total. The number of carbonyl (C=O) groups excluding carboxylic acids is 4. The van der Waals surface area contributed by atoms with Crippen molar-refractivity contribution in [3.8, 4) is 0 Å². The number of rotatable bonds is 7. The third-order valence-electron chi connectivity index (χ3n) is 4.82. The van der Waals surface area contributed by atoms with Gasteiger partial charge in [-0.3, -0.25) is 29.0 Å². The number of anilines is 1. The van der Waals surface area contributed by atoms with Crippen molar-refractivity contribution >= 4 is 29.3 Å². The zero-order chi connectivity index (χ0) is 19.6. The van der Waals surface area contributed by atoms with Crippen LogP contribution < -0.4 is 5.32 Å². The fourth-order valence-electron chi connectivity index (χ4n) is 3.49. The van der Waals surface area contributed by atoms with Gasteiger partial charge in [0.05, 0.1) is 24.3 Å². The topological polar surface area (TPSA) is 96.0 Å². The molecule has 2 heterocycles. The van der Waals surface area contributed by atoms with Gasteiger partial charge in [0.1, 0.15) is 6.04 Å². The van der Waals surface area contributed by atoms with Crippen LogP contribution >= 0.6 is 0 Å². The van der Waals surface area contributed by atoms with Gasteiger partial charge in [0.2, 0.25) is 5.91 Å². The van der Waals surface area contributed by atoms with Crippen molar-refractivity contribution in [3.05, 3.63) is 29.3 Å². The molecule has 3 rings (SSSR count). The molecule has 0 saturated carbocycles. The van der Waals surface area contributed by atoms with Gasteiger partial charge in [0, 0.05) is 25.8 Å². The molecule has 1 aromatic rings. The maximum Gasteiger partial charge on any atom is 0.264 e. The molecular formula is C19H23N3O5. The number of likely N-dealkylation sites (tertiary alicyclic amines) is 1. The molecule has 2 aliphatic heterocycles. The summed E-state index contributed by atoms with van der Waals surface area (Å²) in [7, 11) is 1.67. The van der Waals surface area contributed by atoms with Crippen LogP contribution in [0.3, 0.4) is 0 Å². The molecule has 1 saturated heterocycles. The molecule has 144 valence electrons. The third-order valence-corrected chi connectivity index (χ3v) is 4.82. The predicted molar refractivity (Wildman–Crippen MR) is 97.3 cm³/mol. The number of fused-ring (bicyclic) bond motifs is 1. The standard InChI is InChI=1S/C19H23N3O5/c1-3-10-27-11-9-21-15(23)8-7-14(18(21)25)22-17(24)12-5-4-6-13(20-2)16(12)19(22)26/h4-6,14,20H,3,7-11H2,1-2H3. The second kappa shape index (κ2) is 7.87. The highest BCUT2D eigenvalue weighted by Gasteiger charge is 2.47. The molecule has 1 unspecified atom stereocenters. The van der Waals surface area contributed by atoms with Gasteiger partial charge in [0.15, 0.2) is 0 Å². The van der Waals surface area contributed by atoms with E-state index in [1.807, 2.05) is 6.92 Å². The minimum absolute atomic E-state index is 0.108. The van der Waals surface area contributed by atoms with Crippen LogP contribution in [-0.2, 0) is 14.3 Å². The molecule has 2 aliphatic rings. The Hall–Kier alpha value is -2.74. The summed E-state index contributed by atoms with van der Waals surface area (Å²) in [5, 5.41) is 2.90. The molecule has 0 aromatic heterocycles. The normalized spacial score (nSPS) is 19.7. The number of amides is 4. The van der Waals surface area contributed by atoms with Crippen molar-refractivity contribution in [1.29, 1.82) is 0 Å². The summed E-state index contributed by atoms with van der Waals surface area (Å²) < 4.78 is 5.36. The van der Waals surface area contributed by atoms with E-state index in [1.54, 1.807) is 25.2 Å². The average molecular weight is 373 g/mol. The Labute approximate surface area is 157 Å². The minimum atomic E-state index is -0.967. The van der Waals surface area contributed by atoms with Gasteiger partial charge in [-0.1, -0.05) is 13.0 Å². The monoisotopic (exact) mass is 373 g/mol. The van der Waals surface area contributed by atoms with Crippen LogP contribution in [0.5, 0.6) is 0 Å². The zero-order valence-electron chi connectivity index (χ0n) is 15.5. The fourth-order valence-corrected chi connectivity index (χ4v) is 3.49. The van der Waals surface area contributed by atoms with E-state index in [-0.39, 0.29) is 43.0 Å². The predicted octanol–water partition coefficient (Wildman–Crippen LogP) is 1.27. The Morgan fingerprint density at radius 2 is 1.93 bits per heavy atom. The SMILES string of the molecule is CCCOCCN1C(=O)CCC(N2C(=O)c3cccc(NC)c3C2=O)C1=O. The molecule has 0 bridgehead atoms. The van der Waals surface area contributed by atoms with Gasteiger partial charge in [-0.25, -0.2) is 0 Å². The van der Waals surface area contributed by atoms with Crippen molar-refractivity contribution in [2.24, 2.45) is 0 Å². The maximum atomic E-state index is 12.9. The Kier molecular flexibility index (Phi) is 5.55. The summed E-state index contributed by atoms with van der Waals surface area (Å²) in [5.74, 6) is -1.83. The smallest absolute Gasteiger partial charge is 0.264 e. The lowest BCUT2D eigenvalue weighted by Crippen LogP contribution is -2.56. The first-order chi connectivity index (χ1) is 13.0. The van der Waals surface area contributed by atoms with Gasteiger partial charge in [-0.2, -0.15) is 0 Å². The van der Waals surface area contributed by atoms with Crippen molar-refractivity contribution in [1.82, 2.24) is 9.80 Å². The first-order valence-electron chi connectivity index (χ1n) is 9.11. The van der Waals surface area contributed by atoms with Crippen molar-refractivity contribution in [3.63, 3.8) is 0 Å². The number of benzene rings is 1. The largest absolute Gasteiger partial charge is 0.387 e. The van der Waals surface area contributed by atoms with Gasteiger partial charge < -0.3 is 10.1 Å². The number of nitrogens with zero attached hydrogens (tertiary/aromatic N) is 2. The van der Waals surface area contributed by atoms with Crippen LogP contribution in [-0.4, -0.2) is 66.3 Å². The van der Waals surface area contributed by atoms with E-state index in [4.69, 9.17) is 4.74 Å². The van der Waals surface area contributed by atoms with E-state index in [2.05, 4.69) is 5.32 Å². The number of nitrogens with one attached hydrogen (secondary N) is 1. The van der Waals surface area contributed by atoms with E-state index in [9.17, 15) is 19.2 Å². The number of ether oxygens (including phenoxy) is 1. The first kappa shape index (κ1) is 19.0. The molecule has 1 N–H and O–H groups in total. The summed E-state index contributed by atoms with van der Waals surface area (Å²) >= 11 is 0. The summed E-state index contributed by atoms with van der Waals surface area (Å²) in [5.41, 5.74) is 1.08. The van der Waals surface area contributed by atoms with Gasteiger partial charge in [0.25, 0.3) is 17.7 Å². The quantitative estimate of drug-likeness (QED) is 0.571. The Morgan fingerprint density at radius 1 is 1.15 bits per heavy atom. The van der Waals surface area contributed by atoms with Gasteiger partial charge in [-0.05, 0) is 25.0 Å². The maximum absolute atomic E-state index is 12.9. The second-order valence-corrected chi connectivity index (χ2v) is 6.51. The lowest BCUT2D eigenvalue weighted by molar-refractivity contribution is -0.152. The molecule has 0 aliphatic carbocycles. The Morgan fingerprint density at radius 3 is 2.63 bits per heavy atom. The lowest BCUT2D eigenvalue weighted by Gasteiger charge is -2.34. The highest BCUT2D eigenvalue weighted by Crippen LogP contribution is 2.33. The summed E-state index contributed by atoms with van der Waals surface area (Å²) in [6.07, 6.45) is 1.09. The Balaban J connectivity index is 1.82. The number of hydrogen-bond donors (Lipinski definition) is 1. The Bertz CT molecular complexity index is 792. The van der Waals surface area contributed by atoms with E-state index in [0.717, 1.165) is 16.2 Å². The van der Waals surface area contributed by atoms with Crippen LogP contribution in [0.15, 0.2) is 18.2 Å². The van der Waals surface area contributed by atoms with Crippen LogP contribution in [0.4, 0.5) is 5.69 Å². The van der Waals surface area contributed by atoms with Gasteiger partial charge >= 0.3 is 0 Å². The summed E-state index contributed by atoms with van der Waals surface area (Å²) in [4.78, 5) is 52.8. The second-order valence-electron chi connectivity index (χ2n) is 6.51. The van der Waals surface area contributed by atoms with Crippen LogP contribution in [0.25, 0.3) is 0 Å². The van der Waals surface area contributed by atoms with E-state index in [1.165, 1.54) is 0 Å². The fraction of sp³-hybridized carbons (Fsp3) is 0.474. The molecule has 1 aromatic carbocycles. The number of imide groups is 2. The molecule has 1 atom stereocenters.